The fraction of sp³-hybridized carbons (Fsp3) is 0.500. The summed E-state index contributed by atoms with van der Waals surface area (Å²) in [5, 5.41) is 2.61. The van der Waals surface area contributed by atoms with E-state index in [0.717, 1.165) is 5.69 Å². The number of hydrogen-bond acceptors (Lipinski definition) is 4. The first-order valence-electron chi connectivity index (χ1n) is 6.13. The van der Waals surface area contributed by atoms with E-state index in [0.29, 0.717) is 11.3 Å². The van der Waals surface area contributed by atoms with E-state index in [1.54, 1.807) is 32.9 Å². The number of ketones is 1. The van der Waals surface area contributed by atoms with E-state index in [4.69, 9.17) is 4.74 Å². The molecule has 0 atom stereocenters. The number of ether oxygens (including phenoxy) is 1. The van der Waals surface area contributed by atoms with Gasteiger partial charge in [0, 0.05) is 11.3 Å². The smallest absolute Gasteiger partial charge is 0.407 e. The zero-order chi connectivity index (χ0) is 14.6. The molecule has 0 aliphatic rings. The summed E-state index contributed by atoms with van der Waals surface area (Å²) in [7, 11) is 0. The Morgan fingerprint density at radius 2 is 1.95 bits per heavy atom. The Hall–Kier alpha value is -1.91. The van der Waals surface area contributed by atoms with Crippen LogP contribution in [0, 0.1) is 6.92 Å². The van der Waals surface area contributed by atoms with Gasteiger partial charge in [-0.2, -0.15) is 0 Å². The third-order valence-corrected chi connectivity index (χ3v) is 2.23. The maximum absolute atomic E-state index is 11.5. The van der Waals surface area contributed by atoms with Gasteiger partial charge in [-0.25, -0.2) is 4.79 Å². The normalized spacial score (nSPS) is 11.0. The minimum Gasteiger partial charge on any atom is -0.444 e. The van der Waals surface area contributed by atoms with Crippen LogP contribution >= 0.6 is 0 Å². The summed E-state index contributed by atoms with van der Waals surface area (Å²) in [4.78, 5) is 27.1. The largest absolute Gasteiger partial charge is 0.444 e. The third-order valence-electron chi connectivity index (χ3n) is 2.23. The van der Waals surface area contributed by atoms with Gasteiger partial charge in [-0.1, -0.05) is 0 Å². The Morgan fingerprint density at radius 1 is 1.32 bits per heavy atom. The van der Waals surface area contributed by atoms with E-state index >= 15 is 0 Å². The molecule has 0 aliphatic heterocycles. The van der Waals surface area contributed by atoms with Gasteiger partial charge in [0.05, 0.1) is 12.2 Å². The number of amides is 1. The van der Waals surface area contributed by atoms with Gasteiger partial charge in [0.15, 0.2) is 5.78 Å². The van der Waals surface area contributed by atoms with E-state index in [-0.39, 0.29) is 12.3 Å². The predicted octanol–water partition coefficient (Wildman–Crippen LogP) is 2.62. The van der Waals surface area contributed by atoms with Crippen molar-refractivity contribution in [3.8, 4) is 0 Å². The topological polar surface area (TPSA) is 68.3 Å². The highest BCUT2D eigenvalue weighted by Crippen LogP contribution is 2.08. The quantitative estimate of drug-likeness (QED) is 0.852. The minimum atomic E-state index is -0.533. The third kappa shape index (κ3) is 5.50. The van der Waals surface area contributed by atoms with E-state index < -0.39 is 11.7 Å². The molecular formula is C14H20N2O3. The van der Waals surface area contributed by atoms with Gasteiger partial charge in [-0.05, 0) is 46.8 Å². The van der Waals surface area contributed by atoms with Crippen molar-refractivity contribution in [2.75, 3.05) is 0 Å². The highest BCUT2D eigenvalue weighted by atomic mass is 16.6. The van der Waals surface area contributed by atoms with Crippen molar-refractivity contribution >= 4 is 11.9 Å². The molecule has 1 rings (SSSR count). The number of aryl methyl sites for hydroxylation is 1. The van der Waals surface area contributed by atoms with Crippen molar-refractivity contribution in [1.82, 2.24) is 10.3 Å². The van der Waals surface area contributed by atoms with Gasteiger partial charge >= 0.3 is 6.09 Å². The van der Waals surface area contributed by atoms with E-state index in [9.17, 15) is 9.59 Å². The predicted molar refractivity (Wildman–Crippen MR) is 72.1 cm³/mol. The lowest BCUT2D eigenvalue weighted by Gasteiger charge is -2.19. The zero-order valence-electron chi connectivity index (χ0n) is 12.0. The molecule has 0 radical (unpaired) electrons. The van der Waals surface area contributed by atoms with Crippen LogP contribution in [0.5, 0.6) is 0 Å². The molecule has 19 heavy (non-hydrogen) atoms. The lowest BCUT2D eigenvalue weighted by molar-refractivity contribution is 0.0523. The van der Waals surface area contributed by atoms with Gasteiger partial charge < -0.3 is 10.1 Å². The average Bonchev–Trinajstić information content (AvgIpc) is 2.23. The Balaban J connectivity index is 2.68. The number of aromatic nitrogens is 1. The first kappa shape index (κ1) is 15.1. The fourth-order valence-corrected chi connectivity index (χ4v) is 1.51. The number of alkyl carbamates (subject to hydrolysis) is 1. The van der Waals surface area contributed by atoms with Crippen LogP contribution in [-0.4, -0.2) is 22.5 Å². The molecule has 0 aliphatic carbocycles. The van der Waals surface area contributed by atoms with Crippen LogP contribution in [0.15, 0.2) is 12.1 Å². The highest BCUT2D eigenvalue weighted by Gasteiger charge is 2.16. The summed E-state index contributed by atoms with van der Waals surface area (Å²) in [6.07, 6.45) is -0.500. The van der Waals surface area contributed by atoms with Gasteiger partial charge in [0.25, 0.3) is 0 Å². The van der Waals surface area contributed by atoms with Gasteiger partial charge in [-0.15, -0.1) is 0 Å². The number of nitrogens with one attached hydrogen (secondary N) is 1. The van der Waals surface area contributed by atoms with Gasteiger partial charge in [-0.3, -0.25) is 9.78 Å². The van der Waals surface area contributed by atoms with Crippen molar-refractivity contribution in [3.63, 3.8) is 0 Å². The molecule has 5 heteroatoms. The fourth-order valence-electron chi connectivity index (χ4n) is 1.51. The number of pyridine rings is 1. The first-order chi connectivity index (χ1) is 8.67. The Morgan fingerprint density at radius 3 is 2.47 bits per heavy atom. The van der Waals surface area contributed by atoms with E-state index in [1.807, 2.05) is 6.92 Å². The second-order valence-electron chi connectivity index (χ2n) is 5.40. The second kappa shape index (κ2) is 5.82. The van der Waals surface area contributed by atoms with Crippen LogP contribution in [-0.2, 0) is 11.3 Å². The lowest BCUT2D eigenvalue weighted by Crippen LogP contribution is -2.32. The number of hydrogen-bond donors (Lipinski definition) is 1. The van der Waals surface area contributed by atoms with Crippen LogP contribution < -0.4 is 5.32 Å². The summed E-state index contributed by atoms with van der Waals surface area (Å²) >= 11 is 0. The number of carbonyl (C=O) groups is 2. The summed E-state index contributed by atoms with van der Waals surface area (Å²) in [6.45, 7) is 8.93. The summed E-state index contributed by atoms with van der Waals surface area (Å²) in [5.74, 6) is -0.0241. The van der Waals surface area contributed by atoms with Crippen LogP contribution in [0.3, 0.4) is 0 Å². The van der Waals surface area contributed by atoms with Gasteiger partial charge in [0.2, 0.25) is 0 Å². The highest BCUT2D eigenvalue weighted by molar-refractivity contribution is 5.94. The van der Waals surface area contributed by atoms with Crippen LogP contribution in [0.1, 0.15) is 49.4 Å². The van der Waals surface area contributed by atoms with Crippen molar-refractivity contribution in [1.29, 1.82) is 0 Å². The summed E-state index contributed by atoms with van der Waals surface area (Å²) < 4.78 is 5.12. The average molecular weight is 264 g/mol. The SMILES string of the molecule is CC(=O)c1cc(C)nc(CNC(=O)OC(C)(C)C)c1. The molecule has 0 spiro atoms. The molecule has 0 aromatic carbocycles. The maximum Gasteiger partial charge on any atom is 0.407 e. The number of rotatable bonds is 3. The first-order valence-corrected chi connectivity index (χ1v) is 6.13. The molecule has 0 unspecified atom stereocenters. The molecule has 0 fully saturated rings. The summed E-state index contributed by atoms with van der Waals surface area (Å²) in [5.41, 5.74) is 1.44. The molecule has 0 bridgehead atoms. The summed E-state index contributed by atoms with van der Waals surface area (Å²) in [6, 6.07) is 3.39. The number of nitrogens with zero attached hydrogens (tertiary/aromatic N) is 1. The van der Waals surface area contributed by atoms with Crippen LogP contribution in [0.2, 0.25) is 0 Å². The molecular weight excluding hydrogens is 244 g/mol. The van der Waals surface area contributed by atoms with E-state index in [2.05, 4.69) is 10.3 Å². The molecule has 1 N–H and O–H groups in total. The van der Waals surface area contributed by atoms with Crippen molar-refractivity contribution in [3.05, 3.63) is 29.1 Å². The van der Waals surface area contributed by atoms with Crippen LogP contribution in [0.4, 0.5) is 4.79 Å². The monoisotopic (exact) mass is 264 g/mol. The molecule has 5 nitrogen and oxygen atoms in total. The zero-order valence-corrected chi connectivity index (χ0v) is 12.0. The Labute approximate surface area is 113 Å². The molecule has 0 saturated carbocycles. The standard InChI is InChI=1S/C14H20N2O3/c1-9-6-11(10(2)17)7-12(16-9)8-15-13(18)19-14(3,4)5/h6-7H,8H2,1-5H3,(H,15,18). The Kier molecular flexibility index (Phi) is 4.64. The van der Waals surface area contributed by atoms with Crippen molar-refractivity contribution in [2.45, 2.75) is 46.8 Å². The van der Waals surface area contributed by atoms with Crippen molar-refractivity contribution in [2.24, 2.45) is 0 Å². The molecule has 1 aromatic rings. The van der Waals surface area contributed by atoms with Crippen LogP contribution in [0.25, 0.3) is 0 Å². The number of Topliss-reactive ketones (excluding diaryl/α,β-unsaturated/α-hetero) is 1. The molecule has 104 valence electrons. The minimum absolute atomic E-state index is 0.0241. The maximum atomic E-state index is 11.5. The van der Waals surface area contributed by atoms with E-state index in [1.165, 1.54) is 6.92 Å². The molecule has 0 saturated heterocycles. The second-order valence-corrected chi connectivity index (χ2v) is 5.40. The number of carbonyl (C=O) groups excluding carboxylic acids is 2. The molecule has 1 heterocycles. The van der Waals surface area contributed by atoms with Gasteiger partial charge in [0.1, 0.15) is 5.60 Å². The molecule has 1 aromatic heterocycles. The Bertz CT molecular complexity index is 490. The lowest BCUT2D eigenvalue weighted by atomic mass is 10.1. The molecule has 1 amide bonds. The van der Waals surface area contributed by atoms with Crippen molar-refractivity contribution < 1.29 is 14.3 Å².